The Morgan fingerprint density at radius 2 is 1.67 bits per heavy atom. The average Bonchev–Trinajstić information content (AvgIpc) is 3.45. The number of nitrogens with zero attached hydrogens (tertiary/aromatic N) is 1. The molecule has 7 nitrogen and oxygen atoms in total. The standard InChI is InChI=1S/C38H42ClF2NO6S/c1-36(2,3)48-34(43)24-16-18-37(4,19-17-24)35(44)42-21-20-38(49(45,46)28-12-9-26(40)10-13-28)30-14-11-27(22-25(30)8-15-33(38)42)47-23-29-31(39)6-5-7-32(29)41/h5-7,9-14,22,24,33H,8,15-21,23H2,1-4H3/t24-,33-,37-,38-/m1/s1. The number of rotatable bonds is 7. The Bertz CT molecular complexity index is 1850. The van der Waals surface area contributed by atoms with Crippen LogP contribution in [0.1, 0.15) is 82.9 Å². The van der Waals surface area contributed by atoms with Crippen LogP contribution in [0.5, 0.6) is 5.75 Å². The summed E-state index contributed by atoms with van der Waals surface area (Å²) in [6, 6.07) is 13.8. The second kappa shape index (κ2) is 13.0. The van der Waals surface area contributed by atoms with Crippen molar-refractivity contribution in [2.45, 2.75) is 101 Å². The Balaban J connectivity index is 1.31. The molecule has 6 rings (SSSR count). The van der Waals surface area contributed by atoms with Crippen LogP contribution in [0.3, 0.4) is 0 Å². The van der Waals surface area contributed by atoms with Crippen LogP contribution in [0.2, 0.25) is 5.02 Å². The van der Waals surface area contributed by atoms with Gasteiger partial charge in [-0.25, -0.2) is 17.2 Å². The fourth-order valence-corrected chi connectivity index (χ4v) is 10.5. The van der Waals surface area contributed by atoms with E-state index >= 15 is 0 Å². The zero-order valence-electron chi connectivity index (χ0n) is 28.2. The molecule has 0 unspecified atom stereocenters. The second-order valence-electron chi connectivity index (χ2n) is 14.8. The molecule has 3 aromatic rings. The number of esters is 1. The van der Waals surface area contributed by atoms with E-state index in [0.29, 0.717) is 49.8 Å². The fraction of sp³-hybridized carbons (Fsp3) is 0.474. The third-order valence-corrected chi connectivity index (χ3v) is 13.4. The number of hydrogen-bond donors (Lipinski definition) is 0. The highest BCUT2D eigenvalue weighted by molar-refractivity contribution is 7.92. The molecular weight excluding hydrogens is 672 g/mol. The molecule has 262 valence electrons. The predicted octanol–water partition coefficient (Wildman–Crippen LogP) is 7.95. The SMILES string of the molecule is CC(C)(C)OC(=O)[C@H]1CC[C@](C)(C(=O)N2CC[C@@]3(S(=O)(=O)c4ccc(F)cc4)c4ccc(OCc5c(F)cccc5Cl)cc4CC[C@@H]23)CC1. The molecule has 0 aromatic heterocycles. The molecule has 0 spiro atoms. The number of ether oxygens (including phenoxy) is 2. The third-order valence-electron chi connectivity index (χ3n) is 10.5. The maximum Gasteiger partial charge on any atom is 0.309 e. The number of likely N-dealkylation sites (tertiary alicyclic amines) is 1. The maximum atomic E-state index is 14.8. The van der Waals surface area contributed by atoms with Crippen LogP contribution in [-0.2, 0) is 41.9 Å². The van der Waals surface area contributed by atoms with E-state index in [9.17, 15) is 26.8 Å². The summed E-state index contributed by atoms with van der Waals surface area (Å²) in [6.45, 7) is 7.54. The number of carbonyl (C=O) groups excluding carboxylic acids is 2. The minimum Gasteiger partial charge on any atom is -0.489 e. The summed E-state index contributed by atoms with van der Waals surface area (Å²) in [6.07, 6.45) is 3.03. The van der Waals surface area contributed by atoms with Gasteiger partial charge in [0.15, 0.2) is 9.84 Å². The first-order valence-corrected chi connectivity index (χ1v) is 18.7. The van der Waals surface area contributed by atoms with Gasteiger partial charge >= 0.3 is 5.97 Å². The number of fused-ring (bicyclic) bond motifs is 3. The zero-order chi connectivity index (χ0) is 35.4. The third kappa shape index (κ3) is 6.47. The number of sulfone groups is 1. The van der Waals surface area contributed by atoms with Crippen LogP contribution in [0.4, 0.5) is 8.78 Å². The van der Waals surface area contributed by atoms with E-state index in [1.54, 1.807) is 29.2 Å². The van der Waals surface area contributed by atoms with E-state index in [1.807, 2.05) is 27.7 Å². The molecule has 0 bridgehead atoms. The summed E-state index contributed by atoms with van der Waals surface area (Å²) in [5, 5.41) is 0.243. The van der Waals surface area contributed by atoms with E-state index in [4.69, 9.17) is 21.1 Å². The number of halogens is 3. The van der Waals surface area contributed by atoms with Gasteiger partial charge in [0.05, 0.1) is 21.9 Å². The van der Waals surface area contributed by atoms with Crippen molar-refractivity contribution in [2.75, 3.05) is 6.54 Å². The Kier molecular flexibility index (Phi) is 9.37. The van der Waals surface area contributed by atoms with Crippen molar-refractivity contribution in [3.8, 4) is 5.75 Å². The molecule has 1 saturated heterocycles. The molecule has 3 aromatic carbocycles. The number of hydrogen-bond acceptors (Lipinski definition) is 6. The molecule has 2 atom stereocenters. The van der Waals surface area contributed by atoms with Crippen molar-refractivity contribution >= 4 is 33.3 Å². The lowest BCUT2D eigenvalue weighted by Gasteiger charge is -2.45. The molecule has 0 radical (unpaired) electrons. The normalized spacial score (nSPS) is 25.3. The lowest BCUT2D eigenvalue weighted by molar-refractivity contribution is -0.163. The van der Waals surface area contributed by atoms with Crippen molar-refractivity contribution in [1.29, 1.82) is 0 Å². The van der Waals surface area contributed by atoms with Crippen molar-refractivity contribution in [3.63, 3.8) is 0 Å². The minimum atomic E-state index is -4.15. The van der Waals surface area contributed by atoms with Crippen LogP contribution >= 0.6 is 11.6 Å². The minimum absolute atomic E-state index is 0.0142. The number of benzene rings is 3. The molecule has 11 heteroatoms. The Labute approximate surface area is 291 Å². The van der Waals surface area contributed by atoms with Crippen molar-refractivity contribution in [3.05, 3.63) is 94.0 Å². The Morgan fingerprint density at radius 1 is 0.980 bits per heavy atom. The van der Waals surface area contributed by atoms with Crippen LogP contribution in [0.25, 0.3) is 0 Å². The van der Waals surface area contributed by atoms with Crippen LogP contribution in [0.15, 0.2) is 65.6 Å². The monoisotopic (exact) mass is 713 g/mol. The van der Waals surface area contributed by atoms with E-state index in [0.717, 1.165) is 17.7 Å². The van der Waals surface area contributed by atoms with Gasteiger partial charge in [-0.1, -0.05) is 30.7 Å². The van der Waals surface area contributed by atoms with E-state index in [1.165, 1.54) is 24.3 Å². The van der Waals surface area contributed by atoms with Gasteiger partial charge in [-0.15, -0.1) is 0 Å². The largest absolute Gasteiger partial charge is 0.489 e. The summed E-state index contributed by atoms with van der Waals surface area (Å²) in [5.74, 6) is -1.25. The van der Waals surface area contributed by atoms with Gasteiger partial charge in [0.1, 0.15) is 34.3 Å². The van der Waals surface area contributed by atoms with Crippen LogP contribution < -0.4 is 4.74 Å². The van der Waals surface area contributed by atoms with E-state index < -0.39 is 43.3 Å². The van der Waals surface area contributed by atoms with Gasteiger partial charge in [0.25, 0.3) is 0 Å². The molecular formula is C38H42ClF2NO6S. The molecule has 1 amide bonds. The predicted molar refractivity (Wildman–Crippen MR) is 182 cm³/mol. The van der Waals surface area contributed by atoms with E-state index in [-0.39, 0.29) is 52.8 Å². The molecule has 2 aliphatic carbocycles. The summed E-state index contributed by atoms with van der Waals surface area (Å²) in [5.41, 5.74) is 0.201. The summed E-state index contributed by atoms with van der Waals surface area (Å²) in [7, 11) is -4.15. The topological polar surface area (TPSA) is 90.0 Å². The lowest BCUT2D eigenvalue weighted by atomic mass is 9.70. The fourth-order valence-electron chi connectivity index (χ4n) is 7.92. The first kappa shape index (κ1) is 35.3. The molecule has 1 saturated carbocycles. The summed E-state index contributed by atoms with van der Waals surface area (Å²) < 4.78 is 68.0. The first-order valence-electron chi connectivity index (χ1n) is 16.8. The van der Waals surface area contributed by atoms with Gasteiger partial charge in [0, 0.05) is 17.5 Å². The average molecular weight is 714 g/mol. The van der Waals surface area contributed by atoms with Gasteiger partial charge in [0.2, 0.25) is 5.91 Å². The van der Waals surface area contributed by atoms with Crippen molar-refractivity contribution in [1.82, 2.24) is 4.90 Å². The number of carbonyl (C=O) groups is 2. The highest BCUT2D eigenvalue weighted by Crippen LogP contribution is 2.55. The first-order chi connectivity index (χ1) is 23.1. The van der Waals surface area contributed by atoms with Gasteiger partial charge in [-0.05, 0) is 125 Å². The second-order valence-corrected chi connectivity index (χ2v) is 17.4. The molecule has 2 fully saturated rings. The van der Waals surface area contributed by atoms with E-state index in [2.05, 4.69) is 0 Å². The molecule has 0 N–H and O–H groups in total. The van der Waals surface area contributed by atoms with Gasteiger partial charge in [-0.3, -0.25) is 9.59 Å². The highest BCUT2D eigenvalue weighted by atomic mass is 35.5. The maximum absolute atomic E-state index is 14.8. The Hall–Kier alpha value is -3.50. The van der Waals surface area contributed by atoms with Gasteiger partial charge in [-0.2, -0.15) is 0 Å². The van der Waals surface area contributed by atoms with Gasteiger partial charge < -0.3 is 14.4 Å². The quantitative estimate of drug-likeness (QED) is 0.182. The molecule has 1 aliphatic heterocycles. The number of aryl methyl sites for hydroxylation is 1. The lowest BCUT2D eigenvalue weighted by Crippen LogP contribution is -2.55. The van der Waals surface area contributed by atoms with Crippen LogP contribution in [-0.4, -0.2) is 43.4 Å². The van der Waals surface area contributed by atoms with Crippen molar-refractivity contribution in [2.24, 2.45) is 11.3 Å². The zero-order valence-corrected chi connectivity index (χ0v) is 29.8. The smallest absolute Gasteiger partial charge is 0.309 e. The Morgan fingerprint density at radius 3 is 2.33 bits per heavy atom. The number of amides is 1. The van der Waals surface area contributed by atoms with Crippen LogP contribution in [0, 0.1) is 23.0 Å². The van der Waals surface area contributed by atoms with Crippen molar-refractivity contribution < 1.29 is 36.3 Å². The molecule has 1 heterocycles. The summed E-state index contributed by atoms with van der Waals surface area (Å²) >= 11 is 6.19. The molecule has 49 heavy (non-hydrogen) atoms. The summed E-state index contributed by atoms with van der Waals surface area (Å²) in [4.78, 5) is 29.0. The highest BCUT2D eigenvalue weighted by Gasteiger charge is 2.62. The molecule has 3 aliphatic rings.